The maximum Gasteiger partial charge on any atom is 0.227 e. The summed E-state index contributed by atoms with van der Waals surface area (Å²) in [5, 5.41) is 11.8. The number of carbonyl (C=O) groups is 1. The first-order valence-corrected chi connectivity index (χ1v) is 10.5. The number of nitrogens with zero attached hydrogens (tertiary/aromatic N) is 1. The number of anilines is 1. The van der Waals surface area contributed by atoms with Crippen LogP contribution in [0.1, 0.15) is 42.5 Å². The van der Waals surface area contributed by atoms with Crippen molar-refractivity contribution in [3.63, 3.8) is 0 Å². The van der Waals surface area contributed by atoms with Gasteiger partial charge in [0.2, 0.25) is 5.91 Å². The van der Waals surface area contributed by atoms with E-state index < -0.39 is 0 Å². The van der Waals surface area contributed by atoms with Crippen LogP contribution in [0.25, 0.3) is 0 Å². The Labute approximate surface area is 188 Å². The van der Waals surface area contributed by atoms with E-state index in [-0.39, 0.29) is 35.8 Å². The third kappa shape index (κ3) is 7.09. The summed E-state index contributed by atoms with van der Waals surface area (Å²) in [6.07, 6.45) is 5.62. The summed E-state index contributed by atoms with van der Waals surface area (Å²) in [6, 6.07) is 12.2. The number of rotatable bonds is 6. The number of carbonyl (C=O) groups excluding carboxylic acids is 1. The largest absolute Gasteiger partial charge is 0.352 e. The Morgan fingerprint density at radius 3 is 2.61 bits per heavy atom. The van der Waals surface area contributed by atoms with Gasteiger partial charge in [0.1, 0.15) is 0 Å². The summed E-state index contributed by atoms with van der Waals surface area (Å²) >= 11 is 1.72. The minimum absolute atomic E-state index is 0. The minimum Gasteiger partial charge on any atom is -0.352 e. The van der Waals surface area contributed by atoms with Crippen molar-refractivity contribution >= 4 is 52.9 Å². The lowest BCUT2D eigenvalue weighted by atomic mass is 9.88. The van der Waals surface area contributed by atoms with Gasteiger partial charge >= 0.3 is 0 Å². The topological polar surface area (TPSA) is 65.5 Å². The van der Waals surface area contributed by atoms with Gasteiger partial charge in [0.25, 0.3) is 0 Å². The molecule has 1 aromatic heterocycles. The number of hydrogen-bond donors (Lipinski definition) is 3. The van der Waals surface area contributed by atoms with Crippen molar-refractivity contribution in [3.8, 4) is 0 Å². The molecule has 1 aliphatic rings. The average molecular weight is 512 g/mol. The molecule has 7 heteroatoms. The third-order valence-electron chi connectivity index (χ3n) is 4.86. The van der Waals surface area contributed by atoms with Crippen molar-refractivity contribution < 1.29 is 4.79 Å². The molecule has 1 heterocycles. The number of amides is 1. The van der Waals surface area contributed by atoms with Crippen molar-refractivity contribution in [3.05, 3.63) is 52.2 Å². The fraction of sp³-hybridized carbons (Fsp3) is 0.429. The van der Waals surface area contributed by atoms with Crippen LogP contribution in [-0.4, -0.2) is 18.9 Å². The molecule has 1 amide bonds. The fourth-order valence-corrected chi connectivity index (χ4v) is 4.00. The van der Waals surface area contributed by atoms with Gasteiger partial charge < -0.3 is 16.0 Å². The molecule has 1 aliphatic carbocycles. The molecule has 0 saturated heterocycles. The molecule has 1 aromatic carbocycles. The lowest BCUT2D eigenvalue weighted by Crippen LogP contribution is -2.36. The van der Waals surface area contributed by atoms with Gasteiger partial charge in [0.15, 0.2) is 5.96 Å². The van der Waals surface area contributed by atoms with E-state index in [2.05, 4.69) is 38.5 Å². The van der Waals surface area contributed by atoms with Crippen molar-refractivity contribution in [1.29, 1.82) is 0 Å². The molecule has 28 heavy (non-hydrogen) atoms. The van der Waals surface area contributed by atoms with Gasteiger partial charge in [-0.15, -0.1) is 35.3 Å². The Hall–Kier alpha value is -1.61. The van der Waals surface area contributed by atoms with Gasteiger partial charge in [-0.1, -0.05) is 37.5 Å². The normalized spacial score (nSPS) is 14.8. The lowest BCUT2D eigenvalue weighted by molar-refractivity contribution is -0.120. The highest BCUT2D eigenvalue weighted by atomic mass is 127. The van der Waals surface area contributed by atoms with E-state index in [9.17, 15) is 4.79 Å². The van der Waals surface area contributed by atoms with Crippen LogP contribution in [0.2, 0.25) is 0 Å². The summed E-state index contributed by atoms with van der Waals surface area (Å²) in [7, 11) is 1.77. The molecule has 152 valence electrons. The number of aliphatic imine (C=N–C) groups is 1. The predicted molar refractivity (Wildman–Crippen MR) is 128 cm³/mol. The zero-order chi connectivity index (χ0) is 18.9. The van der Waals surface area contributed by atoms with E-state index >= 15 is 0 Å². The predicted octanol–water partition coefficient (Wildman–Crippen LogP) is 4.75. The molecule has 0 radical (unpaired) electrons. The second-order valence-electron chi connectivity index (χ2n) is 6.88. The quantitative estimate of drug-likeness (QED) is 0.298. The molecular weight excluding hydrogens is 483 g/mol. The lowest BCUT2D eigenvalue weighted by Gasteiger charge is -2.21. The van der Waals surface area contributed by atoms with Crippen LogP contribution in [0.3, 0.4) is 0 Å². The highest BCUT2D eigenvalue weighted by Crippen LogP contribution is 2.25. The van der Waals surface area contributed by atoms with E-state index in [1.54, 1.807) is 18.4 Å². The van der Waals surface area contributed by atoms with Gasteiger partial charge in [-0.25, -0.2) is 0 Å². The first-order chi connectivity index (χ1) is 13.2. The van der Waals surface area contributed by atoms with E-state index in [1.807, 2.05) is 24.3 Å². The first kappa shape index (κ1) is 22.7. The number of guanidine groups is 1. The van der Waals surface area contributed by atoms with E-state index in [4.69, 9.17) is 0 Å². The van der Waals surface area contributed by atoms with Crippen molar-refractivity contribution in [2.24, 2.45) is 10.9 Å². The maximum atomic E-state index is 12.4. The summed E-state index contributed by atoms with van der Waals surface area (Å²) in [5.74, 6) is 1.09. The molecule has 5 nitrogen and oxygen atoms in total. The number of thiophene rings is 1. The van der Waals surface area contributed by atoms with Crippen LogP contribution in [0.15, 0.2) is 46.8 Å². The van der Waals surface area contributed by atoms with Gasteiger partial charge in [0.05, 0.1) is 6.54 Å². The van der Waals surface area contributed by atoms with Crippen LogP contribution >= 0.6 is 35.3 Å². The molecule has 0 bridgehead atoms. The number of halogens is 1. The molecule has 0 aliphatic heterocycles. The Balaban J connectivity index is 0.00000280. The van der Waals surface area contributed by atoms with Crippen LogP contribution in [0.4, 0.5) is 5.69 Å². The summed E-state index contributed by atoms with van der Waals surface area (Å²) in [5.41, 5.74) is 1.97. The average Bonchev–Trinajstić information content (AvgIpc) is 3.23. The Kier molecular flexibility index (Phi) is 9.77. The Morgan fingerprint density at radius 2 is 1.89 bits per heavy atom. The van der Waals surface area contributed by atoms with Gasteiger partial charge in [0, 0.05) is 30.1 Å². The van der Waals surface area contributed by atoms with Crippen LogP contribution in [0.5, 0.6) is 0 Å². The highest BCUT2D eigenvalue weighted by Gasteiger charge is 2.20. The molecule has 0 unspecified atom stereocenters. The van der Waals surface area contributed by atoms with Crippen molar-refractivity contribution in [1.82, 2.24) is 10.6 Å². The summed E-state index contributed by atoms with van der Waals surface area (Å²) < 4.78 is 0. The molecule has 2 aromatic rings. The zero-order valence-corrected chi connectivity index (χ0v) is 19.4. The van der Waals surface area contributed by atoms with E-state index in [1.165, 1.54) is 24.1 Å². The second-order valence-corrected chi connectivity index (χ2v) is 7.92. The minimum atomic E-state index is 0. The molecule has 3 N–H and O–H groups in total. The molecule has 1 saturated carbocycles. The molecule has 1 fully saturated rings. The number of benzene rings is 1. The van der Waals surface area contributed by atoms with Crippen molar-refractivity contribution in [2.75, 3.05) is 12.4 Å². The van der Waals surface area contributed by atoms with Gasteiger partial charge in [-0.2, -0.15) is 0 Å². The Bertz CT molecular complexity index is 758. The first-order valence-electron chi connectivity index (χ1n) is 9.61. The zero-order valence-electron chi connectivity index (χ0n) is 16.2. The summed E-state index contributed by atoms with van der Waals surface area (Å²) in [4.78, 5) is 18.0. The second kappa shape index (κ2) is 12.1. The monoisotopic (exact) mass is 512 g/mol. The van der Waals surface area contributed by atoms with Crippen LogP contribution < -0.4 is 16.0 Å². The maximum absolute atomic E-state index is 12.4. The molecular formula is C21H29IN4OS. The molecule has 3 rings (SSSR count). The van der Waals surface area contributed by atoms with Gasteiger partial charge in [-0.3, -0.25) is 9.79 Å². The molecule has 0 spiro atoms. The highest BCUT2D eigenvalue weighted by molar-refractivity contribution is 14.0. The van der Waals surface area contributed by atoms with E-state index in [0.717, 1.165) is 36.6 Å². The molecule has 0 atom stereocenters. The van der Waals surface area contributed by atoms with Crippen molar-refractivity contribution in [2.45, 2.75) is 45.2 Å². The van der Waals surface area contributed by atoms with Gasteiger partial charge in [-0.05, 0) is 42.0 Å². The fourth-order valence-electron chi connectivity index (χ4n) is 3.36. The van der Waals surface area contributed by atoms with Crippen LogP contribution in [0, 0.1) is 5.92 Å². The smallest absolute Gasteiger partial charge is 0.227 e. The van der Waals surface area contributed by atoms with E-state index in [0.29, 0.717) is 6.54 Å². The summed E-state index contributed by atoms with van der Waals surface area (Å²) in [6.45, 7) is 1.41. The third-order valence-corrected chi connectivity index (χ3v) is 5.74. The standard InChI is InChI=1S/C21H28N4OS.HI/c1-22-21(24-15-19-11-6-12-27-19)23-14-16-7-5-10-18(13-16)25-20(26)17-8-3-2-4-9-17;/h5-7,10-13,17H,2-4,8-9,14-15H2,1H3,(H,25,26)(H2,22,23,24);1H. The Morgan fingerprint density at radius 1 is 1.11 bits per heavy atom. The number of hydrogen-bond acceptors (Lipinski definition) is 3. The number of nitrogens with one attached hydrogen (secondary N) is 3. The SMILES string of the molecule is CN=C(NCc1cccc(NC(=O)C2CCCCC2)c1)NCc1cccs1.I. The van der Waals surface area contributed by atoms with Crippen LogP contribution in [-0.2, 0) is 17.9 Å².